The zero-order valence-electron chi connectivity index (χ0n) is 17.6. The Morgan fingerprint density at radius 3 is 2.70 bits per heavy atom. The van der Waals surface area contributed by atoms with Gasteiger partial charge in [0.1, 0.15) is 16.9 Å². The van der Waals surface area contributed by atoms with E-state index in [1.54, 1.807) is 12.1 Å². The standard InChI is InChI=1S/C25H25NO4/c1-4-25(3)13-18(27)22-20(30-25)10-9-19-21(22)15(2)23(29-19)24(28)26-12-11-16-7-5-6-8-17(16)14-26/h5-10H,4,11-14H2,1-3H3/t25-/m1/s1. The minimum Gasteiger partial charge on any atom is -0.486 e. The van der Waals surface area contributed by atoms with Crippen LogP contribution in [0.5, 0.6) is 5.75 Å². The first-order valence-corrected chi connectivity index (χ1v) is 10.5. The fourth-order valence-electron chi connectivity index (χ4n) is 4.63. The van der Waals surface area contributed by atoms with E-state index in [9.17, 15) is 9.59 Å². The van der Waals surface area contributed by atoms with Crippen molar-refractivity contribution in [2.45, 2.75) is 52.2 Å². The Bertz CT molecular complexity index is 1190. The van der Waals surface area contributed by atoms with Gasteiger partial charge in [-0.3, -0.25) is 9.59 Å². The normalized spacial score (nSPS) is 20.6. The molecule has 0 saturated carbocycles. The maximum Gasteiger partial charge on any atom is 0.290 e. The molecule has 1 amide bonds. The van der Waals surface area contributed by atoms with E-state index in [4.69, 9.17) is 9.15 Å². The lowest BCUT2D eigenvalue weighted by atomic mass is 9.87. The van der Waals surface area contributed by atoms with E-state index in [-0.39, 0.29) is 11.7 Å². The second-order valence-corrected chi connectivity index (χ2v) is 8.62. The van der Waals surface area contributed by atoms with E-state index >= 15 is 0 Å². The maximum absolute atomic E-state index is 13.3. The van der Waals surface area contributed by atoms with Crippen LogP contribution in [0.3, 0.4) is 0 Å². The van der Waals surface area contributed by atoms with Gasteiger partial charge in [0, 0.05) is 24.0 Å². The molecule has 5 nitrogen and oxygen atoms in total. The van der Waals surface area contributed by atoms with Gasteiger partial charge in [0.25, 0.3) is 5.91 Å². The Morgan fingerprint density at radius 1 is 1.17 bits per heavy atom. The Kier molecular flexibility index (Phi) is 4.24. The van der Waals surface area contributed by atoms with Crippen LogP contribution in [0.4, 0.5) is 0 Å². The summed E-state index contributed by atoms with van der Waals surface area (Å²) in [5.74, 6) is 0.808. The molecule has 1 atom stereocenters. The van der Waals surface area contributed by atoms with E-state index < -0.39 is 5.60 Å². The van der Waals surface area contributed by atoms with Crippen LogP contribution in [0.25, 0.3) is 11.0 Å². The zero-order valence-corrected chi connectivity index (χ0v) is 17.6. The molecule has 2 aliphatic heterocycles. The highest BCUT2D eigenvalue weighted by Gasteiger charge is 2.38. The predicted octanol–water partition coefficient (Wildman–Crippen LogP) is 5.07. The molecule has 0 saturated heterocycles. The summed E-state index contributed by atoms with van der Waals surface area (Å²) < 4.78 is 12.2. The van der Waals surface area contributed by atoms with Gasteiger partial charge in [-0.25, -0.2) is 0 Å². The van der Waals surface area contributed by atoms with Crippen molar-refractivity contribution in [1.29, 1.82) is 0 Å². The number of hydrogen-bond acceptors (Lipinski definition) is 4. The van der Waals surface area contributed by atoms with Crippen LogP contribution in [-0.2, 0) is 13.0 Å². The predicted molar refractivity (Wildman–Crippen MR) is 114 cm³/mol. The van der Waals surface area contributed by atoms with E-state index in [2.05, 4.69) is 12.1 Å². The average Bonchev–Trinajstić information content (AvgIpc) is 3.09. The number of Topliss-reactive ketones (excluding diaryl/α,β-unsaturated/α-hetero) is 1. The highest BCUT2D eigenvalue weighted by molar-refractivity contribution is 6.13. The van der Waals surface area contributed by atoms with Gasteiger partial charge >= 0.3 is 0 Å². The van der Waals surface area contributed by atoms with Crippen molar-refractivity contribution in [3.63, 3.8) is 0 Å². The number of carbonyl (C=O) groups is 2. The van der Waals surface area contributed by atoms with Crippen molar-refractivity contribution in [3.05, 3.63) is 64.4 Å². The van der Waals surface area contributed by atoms with E-state index in [1.165, 1.54) is 11.1 Å². The third-order valence-corrected chi connectivity index (χ3v) is 6.59. The Morgan fingerprint density at radius 2 is 1.93 bits per heavy atom. The molecule has 2 aliphatic rings. The first kappa shape index (κ1) is 18.9. The average molecular weight is 403 g/mol. The summed E-state index contributed by atoms with van der Waals surface area (Å²) >= 11 is 0. The van der Waals surface area contributed by atoms with Crippen molar-refractivity contribution in [2.24, 2.45) is 0 Å². The van der Waals surface area contributed by atoms with Crippen LogP contribution in [0.2, 0.25) is 0 Å². The SMILES string of the molecule is CC[C@]1(C)CC(=O)c2c(ccc3oc(C(=O)N4CCc5ccccc5C4)c(C)c23)O1. The molecule has 0 fully saturated rings. The van der Waals surface area contributed by atoms with Crippen molar-refractivity contribution in [3.8, 4) is 5.75 Å². The molecule has 3 heterocycles. The van der Waals surface area contributed by atoms with Gasteiger partial charge in [-0.2, -0.15) is 0 Å². The summed E-state index contributed by atoms with van der Waals surface area (Å²) in [4.78, 5) is 28.2. The highest BCUT2D eigenvalue weighted by Crippen LogP contribution is 2.41. The smallest absolute Gasteiger partial charge is 0.290 e. The molecule has 5 rings (SSSR count). The van der Waals surface area contributed by atoms with Gasteiger partial charge in [0.15, 0.2) is 11.5 Å². The molecule has 5 heteroatoms. The number of furan rings is 1. The first-order chi connectivity index (χ1) is 14.4. The number of fused-ring (bicyclic) bond motifs is 4. The Balaban J connectivity index is 1.54. The van der Waals surface area contributed by atoms with Crippen LogP contribution in [0.1, 0.15) is 64.3 Å². The zero-order chi connectivity index (χ0) is 21.0. The van der Waals surface area contributed by atoms with Gasteiger partial charge in [0.2, 0.25) is 0 Å². The number of rotatable bonds is 2. The Labute approximate surface area is 175 Å². The van der Waals surface area contributed by atoms with E-state index in [0.717, 1.165) is 12.8 Å². The highest BCUT2D eigenvalue weighted by atomic mass is 16.5. The summed E-state index contributed by atoms with van der Waals surface area (Å²) in [7, 11) is 0. The van der Waals surface area contributed by atoms with E-state index in [0.29, 0.717) is 53.1 Å². The van der Waals surface area contributed by atoms with Crippen molar-refractivity contribution in [2.75, 3.05) is 6.54 Å². The molecule has 3 aromatic rings. The van der Waals surface area contributed by atoms with Crippen molar-refractivity contribution >= 4 is 22.7 Å². The molecule has 0 spiro atoms. The second kappa shape index (κ2) is 6.73. The summed E-state index contributed by atoms with van der Waals surface area (Å²) in [6.45, 7) is 7.07. The van der Waals surface area contributed by atoms with Crippen LogP contribution in [0.15, 0.2) is 40.8 Å². The van der Waals surface area contributed by atoms with Crippen LogP contribution in [0, 0.1) is 6.92 Å². The number of carbonyl (C=O) groups excluding carboxylic acids is 2. The van der Waals surface area contributed by atoms with Crippen LogP contribution >= 0.6 is 0 Å². The summed E-state index contributed by atoms with van der Waals surface area (Å²) in [5, 5.41) is 0.705. The van der Waals surface area contributed by atoms with Crippen LogP contribution < -0.4 is 4.74 Å². The van der Waals surface area contributed by atoms with Crippen molar-refractivity contribution in [1.82, 2.24) is 4.90 Å². The Hall–Kier alpha value is -3.08. The molecule has 0 N–H and O–H groups in total. The summed E-state index contributed by atoms with van der Waals surface area (Å²) in [6, 6.07) is 11.8. The number of aryl methyl sites for hydroxylation is 1. The molecule has 2 aromatic carbocycles. The largest absolute Gasteiger partial charge is 0.486 e. The topological polar surface area (TPSA) is 59.8 Å². The summed E-state index contributed by atoms with van der Waals surface area (Å²) in [5.41, 5.74) is 3.79. The lowest BCUT2D eigenvalue weighted by Crippen LogP contribution is -2.38. The number of ether oxygens (including phenoxy) is 1. The number of hydrogen-bond donors (Lipinski definition) is 0. The molecule has 1 aromatic heterocycles. The molecule has 0 unspecified atom stereocenters. The van der Waals surface area contributed by atoms with Crippen molar-refractivity contribution < 1.29 is 18.7 Å². The fraction of sp³-hybridized carbons (Fsp3) is 0.360. The number of benzene rings is 2. The first-order valence-electron chi connectivity index (χ1n) is 10.5. The van der Waals surface area contributed by atoms with Gasteiger partial charge in [-0.05, 0) is 49.9 Å². The van der Waals surface area contributed by atoms with Gasteiger partial charge in [-0.15, -0.1) is 0 Å². The molecular weight excluding hydrogens is 378 g/mol. The van der Waals surface area contributed by atoms with Gasteiger partial charge < -0.3 is 14.1 Å². The van der Waals surface area contributed by atoms with Gasteiger partial charge in [0.05, 0.1) is 12.0 Å². The lowest BCUT2D eigenvalue weighted by Gasteiger charge is -2.34. The number of nitrogens with zero attached hydrogens (tertiary/aromatic N) is 1. The minimum absolute atomic E-state index is 0.0426. The minimum atomic E-state index is -0.491. The molecule has 0 bridgehead atoms. The van der Waals surface area contributed by atoms with Gasteiger partial charge in [-0.1, -0.05) is 31.2 Å². The van der Waals surface area contributed by atoms with Crippen LogP contribution in [-0.4, -0.2) is 28.7 Å². The third kappa shape index (κ3) is 2.83. The molecule has 154 valence electrons. The number of ketones is 1. The monoisotopic (exact) mass is 403 g/mol. The maximum atomic E-state index is 13.3. The van der Waals surface area contributed by atoms with E-state index in [1.807, 2.05) is 37.8 Å². The third-order valence-electron chi connectivity index (χ3n) is 6.59. The summed E-state index contributed by atoms with van der Waals surface area (Å²) in [6.07, 6.45) is 1.91. The molecular formula is C25H25NO4. The second-order valence-electron chi connectivity index (χ2n) is 8.62. The molecule has 0 aliphatic carbocycles. The lowest BCUT2D eigenvalue weighted by molar-refractivity contribution is 0.0502. The molecule has 0 radical (unpaired) electrons. The fourth-order valence-corrected chi connectivity index (χ4v) is 4.63. The molecule has 30 heavy (non-hydrogen) atoms. The number of amides is 1. The quantitative estimate of drug-likeness (QED) is 0.599.